The van der Waals surface area contributed by atoms with Crippen LogP contribution in [-0.4, -0.2) is 37.8 Å². The van der Waals surface area contributed by atoms with Gasteiger partial charge in [-0.25, -0.2) is 8.42 Å². The zero-order valence-electron chi connectivity index (χ0n) is 14.1. The number of hydrogen-bond donors (Lipinski definition) is 1. The Hall–Kier alpha value is -1.34. The Morgan fingerprint density at radius 2 is 1.25 bits per heavy atom. The van der Waals surface area contributed by atoms with Crippen molar-refractivity contribution in [1.82, 2.24) is 0 Å². The van der Waals surface area contributed by atoms with Gasteiger partial charge in [-0.2, -0.15) is 34.8 Å². The van der Waals surface area contributed by atoms with E-state index in [-0.39, 0.29) is 5.92 Å². The molecule has 28 heavy (non-hydrogen) atoms. The third kappa shape index (κ3) is 3.52. The summed E-state index contributed by atoms with van der Waals surface area (Å²) in [5.41, 5.74) is 0.581. The fraction of sp³-hybridized carbons (Fsp3) is 0.600. The molecule has 0 unspecified atom stereocenters. The minimum absolute atomic E-state index is 0.0244. The topological polar surface area (TPSA) is 88.5 Å². The lowest BCUT2D eigenvalue weighted by molar-refractivity contribution is -0.245. The largest absolute Gasteiger partial charge is 0.439 e. The monoisotopic (exact) mass is 454 g/mol. The van der Waals surface area contributed by atoms with Gasteiger partial charge in [0.15, 0.2) is 0 Å². The lowest BCUT2D eigenvalue weighted by Gasteiger charge is -2.30. The summed E-state index contributed by atoms with van der Waals surface area (Å²) >= 11 is 0. The first-order chi connectivity index (χ1) is 12.6. The Morgan fingerprint density at radius 1 is 0.786 bits per heavy atom. The lowest BCUT2D eigenvalue weighted by atomic mass is 9.84. The molecule has 0 aromatic heterocycles. The molecule has 1 aromatic carbocycles. The molecule has 1 saturated carbocycles. The second-order valence-electron chi connectivity index (χ2n) is 6.49. The molecule has 160 valence electrons. The first-order valence-corrected chi connectivity index (χ1v) is 10.9. The van der Waals surface area contributed by atoms with Crippen LogP contribution in [-0.2, 0) is 20.0 Å². The van der Waals surface area contributed by atoms with E-state index in [4.69, 9.17) is 4.55 Å². The zero-order chi connectivity index (χ0) is 21.6. The van der Waals surface area contributed by atoms with E-state index in [9.17, 15) is 43.2 Å². The molecule has 1 aliphatic rings. The maximum Gasteiger partial charge on any atom is 0.439 e. The van der Waals surface area contributed by atoms with Gasteiger partial charge in [0.25, 0.3) is 0 Å². The summed E-state index contributed by atoms with van der Waals surface area (Å²) < 4.78 is 134. The number of rotatable bonds is 6. The number of halogens is 6. The summed E-state index contributed by atoms with van der Waals surface area (Å²) in [6, 6.07) is 3.40. The van der Waals surface area contributed by atoms with Crippen LogP contribution in [0.15, 0.2) is 29.2 Å². The molecule has 1 aromatic rings. The van der Waals surface area contributed by atoms with E-state index < -0.39 is 41.3 Å². The maximum atomic E-state index is 14.0. The van der Waals surface area contributed by atoms with Crippen molar-refractivity contribution in [2.75, 3.05) is 0 Å². The Kier molecular flexibility index (Phi) is 5.87. The Balaban J connectivity index is 2.44. The molecule has 0 spiro atoms. The molecule has 0 radical (unpaired) electrons. The Bertz CT molecular complexity index is 920. The fourth-order valence-corrected chi connectivity index (χ4v) is 4.78. The molecule has 0 amide bonds. The third-order valence-corrected chi connectivity index (χ3v) is 7.39. The number of hydrogen-bond acceptors (Lipinski definition) is 4. The van der Waals surface area contributed by atoms with Gasteiger partial charge in [0.05, 0.1) is 4.90 Å². The predicted octanol–water partition coefficient (Wildman–Crippen LogP) is 4.22. The van der Waals surface area contributed by atoms with Gasteiger partial charge in [-0.1, -0.05) is 31.4 Å². The standard InChI is InChI=1S/C15H16F6O5S2/c16-13(17,15(20,21)28(24,25)26)14(18,19)27(22,23)12-8-6-11(7-9-12)10-4-2-1-3-5-10/h6-10H,1-5H2,(H,24,25,26). The summed E-state index contributed by atoms with van der Waals surface area (Å²) in [6.07, 6.45) is 4.34. The zero-order valence-corrected chi connectivity index (χ0v) is 15.7. The molecule has 1 N–H and O–H groups in total. The highest BCUT2D eigenvalue weighted by atomic mass is 32.2. The molecule has 1 fully saturated rings. The van der Waals surface area contributed by atoms with E-state index in [0.717, 1.165) is 44.2 Å². The molecular weight excluding hydrogens is 438 g/mol. The second kappa shape index (κ2) is 7.17. The number of benzene rings is 1. The van der Waals surface area contributed by atoms with Crippen LogP contribution in [0.25, 0.3) is 0 Å². The normalized spacial score (nSPS) is 18.2. The molecule has 0 aliphatic heterocycles. The van der Waals surface area contributed by atoms with Crippen LogP contribution < -0.4 is 0 Å². The molecule has 13 heteroatoms. The molecule has 0 heterocycles. The van der Waals surface area contributed by atoms with Crippen molar-refractivity contribution in [2.24, 2.45) is 0 Å². The van der Waals surface area contributed by atoms with Crippen molar-refractivity contribution >= 4 is 20.0 Å². The van der Waals surface area contributed by atoms with Gasteiger partial charge in [-0.05, 0) is 36.5 Å². The Labute approximate surface area is 157 Å². The molecule has 0 atom stereocenters. The summed E-state index contributed by atoms with van der Waals surface area (Å²) in [5.74, 6) is -6.91. The molecular formula is C15H16F6O5S2. The fourth-order valence-electron chi connectivity index (χ4n) is 3.00. The highest BCUT2D eigenvalue weighted by Gasteiger charge is 2.82. The van der Waals surface area contributed by atoms with E-state index in [1.54, 1.807) is 0 Å². The summed E-state index contributed by atoms with van der Waals surface area (Å²) in [6.45, 7) is 0. The van der Waals surface area contributed by atoms with Gasteiger partial charge in [0, 0.05) is 0 Å². The van der Waals surface area contributed by atoms with E-state index in [2.05, 4.69) is 0 Å². The highest BCUT2D eigenvalue weighted by molar-refractivity contribution is 7.92. The number of sulfone groups is 1. The quantitative estimate of drug-likeness (QED) is 0.514. The van der Waals surface area contributed by atoms with Crippen LogP contribution in [0.2, 0.25) is 0 Å². The van der Waals surface area contributed by atoms with Gasteiger partial charge in [0.2, 0.25) is 9.84 Å². The van der Waals surface area contributed by atoms with Gasteiger partial charge in [0.1, 0.15) is 0 Å². The second-order valence-corrected chi connectivity index (χ2v) is 9.94. The van der Waals surface area contributed by atoms with E-state index >= 15 is 0 Å². The van der Waals surface area contributed by atoms with Crippen molar-refractivity contribution in [3.63, 3.8) is 0 Å². The Morgan fingerprint density at radius 3 is 1.68 bits per heavy atom. The van der Waals surface area contributed by atoms with Crippen molar-refractivity contribution in [2.45, 2.75) is 59.3 Å². The molecule has 0 saturated heterocycles. The van der Waals surface area contributed by atoms with E-state index in [0.29, 0.717) is 17.7 Å². The van der Waals surface area contributed by atoms with Crippen molar-refractivity contribution in [3.05, 3.63) is 29.8 Å². The summed E-state index contributed by atoms with van der Waals surface area (Å²) in [7, 11) is -13.5. The minimum Gasteiger partial charge on any atom is -0.281 e. The predicted molar refractivity (Wildman–Crippen MR) is 85.8 cm³/mol. The van der Waals surface area contributed by atoms with Gasteiger partial charge in [-0.15, -0.1) is 0 Å². The van der Waals surface area contributed by atoms with Gasteiger partial charge < -0.3 is 0 Å². The maximum absolute atomic E-state index is 14.0. The minimum atomic E-state index is -7.03. The van der Waals surface area contributed by atoms with Gasteiger partial charge >= 0.3 is 26.5 Å². The summed E-state index contributed by atoms with van der Waals surface area (Å²) in [4.78, 5) is -1.39. The van der Waals surface area contributed by atoms with Crippen LogP contribution in [0, 0.1) is 0 Å². The molecule has 5 nitrogen and oxygen atoms in total. The first kappa shape index (κ1) is 22.9. The van der Waals surface area contributed by atoms with Crippen LogP contribution in [0.3, 0.4) is 0 Å². The average Bonchev–Trinajstić information content (AvgIpc) is 2.61. The third-order valence-electron chi connectivity index (χ3n) is 4.66. The first-order valence-electron chi connectivity index (χ1n) is 8.02. The van der Waals surface area contributed by atoms with Crippen molar-refractivity contribution in [3.8, 4) is 0 Å². The van der Waals surface area contributed by atoms with Crippen LogP contribution in [0.1, 0.15) is 43.6 Å². The highest BCUT2D eigenvalue weighted by Crippen LogP contribution is 2.52. The van der Waals surface area contributed by atoms with Gasteiger partial charge in [-0.3, -0.25) is 4.55 Å². The molecule has 1 aliphatic carbocycles. The van der Waals surface area contributed by atoms with Crippen molar-refractivity contribution < 1.29 is 47.7 Å². The van der Waals surface area contributed by atoms with Crippen molar-refractivity contribution in [1.29, 1.82) is 0 Å². The van der Waals surface area contributed by atoms with Crippen LogP contribution in [0.5, 0.6) is 0 Å². The summed E-state index contributed by atoms with van der Waals surface area (Å²) in [5, 5.41) is -13.3. The van der Waals surface area contributed by atoms with E-state index in [1.807, 2.05) is 0 Å². The number of alkyl halides is 6. The van der Waals surface area contributed by atoms with Crippen LogP contribution >= 0.6 is 0 Å². The lowest BCUT2D eigenvalue weighted by Crippen LogP contribution is -2.60. The van der Waals surface area contributed by atoms with Crippen LogP contribution in [0.4, 0.5) is 26.3 Å². The molecule has 2 rings (SSSR count). The average molecular weight is 454 g/mol. The smallest absolute Gasteiger partial charge is 0.281 e. The molecule has 0 bridgehead atoms. The van der Waals surface area contributed by atoms with E-state index in [1.165, 1.54) is 0 Å². The SMILES string of the molecule is O=S(=O)(O)C(F)(F)C(F)(F)C(F)(F)S(=O)(=O)c1ccc(C2CCCCC2)cc1.